The molecule has 10 heteroatoms. The summed E-state index contributed by atoms with van der Waals surface area (Å²) in [5, 5.41) is 16.0. The number of aromatic nitrogens is 3. The molecule has 29 heavy (non-hydrogen) atoms. The Morgan fingerprint density at radius 1 is 1.34 bits per heavy atom. The standard InChI is InChI=1S/C19H26N6O4/c26-16(15-5-11-29-25-15)24-19(17(27)28,12-14-4-3-7-20-13-14)6-1-2-8-21-18-22-9-10-23-18/h3-4,7,9-10,13,15,25H,1-2,5-6,8,11-12H2,(H,24,26)(H,27,28)(H2,21,22,23). The molecule has 1 amide bonds. The number of carbonyl (C=O) groups is 2. The van der Waals surface area contributed by atoms with Crippen molar-refractivity contribution in [2.75, 3.05) is 18.5 Å². The number of H-pyrrole nitrogens is 1. The average molecular weight is 402 g/mol. The van der Waals surface area contributed by atoms with E-state index in [1.54, 1.807) is 30.9 Å². The van der Waals surface area contributed by atoms with E-state index in [9.17, 15) is 14.7 Å². The summed E-state index contributed by atoms with van der Waals surface area (Å²) in [7, 11) is 0. The first-order valence-electron chi connectivity index (χ1n) is 9.64. The Kier molecular flexibility index (Phi) is 7.14. The van der Waals surface area contributed by atoms with Crippen LogP contribution in [0.25, 0.3) is 0 Å². The van der Waals surface area contributed by atoms with Crippen molar-refractivity contribution in [2.24, 2.45) is 0 Å². The predicted molar refractivity (Wildman–Crippen MR) is 105 cm³/mol. The maximum atomic E-state index is 12.6. The lowest BCUT2D eigenvalue weighted by atomic mass is 9.85. The summed E-state index contributed by atoms with van der Waals surface area (Å²) in [5.41, 5.74) is 1.96. The summed E-state index contributed by atoms with van der Waals surface area (Å²) in [5.74, 6) is -0.763. The van der Waals surface area contributed by atoms with E-state index in [2.05, 4.69) is 31.1 Å². The quantitative estimate of drug-likeness (QED) is 0.349. The van der Waals surface area contributed by atoms with Gasteiger partial charge in [0.05, 0.1) is 6.61 Å². The van der Waals surface area contributed by atoms with E-state index in [0.717, 1.165) is 12.0 Å². The molecular weight excluding hydrogens is 376 g/mol. The molecular formula is C19H26N6O4. The number of carboxylic acid groups (broad SMARTS) is 1. The van der Waals surface area contributed by atoms with Gasteiger partial charge >= 0.3 is 5.97 Å². The number of nitrogens with zero attached hydrogens (tertiary/aromatic N) is 2. The van der Waals surface area contributed by atoms with Crippen LogP contribution in [-0.4, -0.2) is 56.7 Å². The summed E-state index contributed by atoms with van der Waals surface area (Å²) >= 11 is 0. The van der Waals surface area contributed by atoms with Crippen molar-refractivity contribution >= 4 is 17.8 Å². The fraction of sp³-hybridized carbons (Fsp3) is 0.474. The van der Waals surface area contributed by atoms with Crippen LogP contribution in [0.1, 0.15) is 31.2 Å². The van der Waals surface area contributed by atoms with Gasteiger partial charge in [0.15, 0.2) is 5.95 Å². The fourth-order valence-electron chi connectivity index (χ4n) is 3.31. The van der Waals surface area contributed by atoms with Gasteiger partial charge < -0.3 is 25.6 Å². The van der Waals surface area contributed by atoms with E-state index >= 15 is 0 Å². The van der Waals surface area contributed by atoms with Crippen LogP contribution in [0.5, 0.6) is 0 Å². The van der Waals surface area contributed by atoms with Gasteiger partial charge in [-0.25, -0.2) is 9.78 Å². The number of nitrogens with one attached hydrogen (secondary N) is 4. The van der Waals surface area contributed by atoms with Crippen LogP contribution in [-0.2, 0) is 20.8 Å². The fourth-order valence-corrected chi connectivity index (χ4v) is 3.31. The first-order chi connectivity index (χ1) is 14.1. The number of hydrogen-bond acceptors (Lipinski definition) is 7. The molecule has 0 saturated carbocycles. The highest BCUT2D eigenvalue weighted by Gasteiger charge is 2.41. The first kappa shape index (κ1) is 20.7. The number of aromatic amines is 1. The van der Waals surface area contributed by atoms with Crippen molar-refractivity contribution in [3.63, 3.8) is 0 Å². The van der Waals surface area contributed by atoms with Crippen LogP contribution in [0.3, 0.4) is 0 Å². The lowest BCUT2D eigenvalue weighted by Crippen LogP contribution is -2.59. The second-order valence-corrected chi connectivity index (χ2v) is 7.04. The zero-order valence-electron chi connectivity index (χ0n) is 16.1. The molecule has 1 fully saturated rings. The third-order valence-corrected chi connectivity index (χ3v) is 4.87. The molecule has 2 aromatic heterocycles. The zero-order chi connectivity index (χ0) is 20.5. The highest BCUT2D eigenvalue weighted by Crippen LogP contribution is 2.22. The predicted octanol–water partition coefficient (Wildman–Crippen LogP) is 0.863. The van der Waals surface area contributed by atoms with Gasteiger partial charge in [-0.1, -0.05) is 6.07 Å². The number of imidazole rings is 1. The normalized spacial score (nSPS) is 18.1. The van der Waals surface area contributed by atoms with Crippen molar-refractivity contribution in [3.05, 3.63) is 42.5 Å². The number of unbranched alkanes of at least 4 members (excludes halogenated alkanes) is 1. The summed E-state index contributed by atoms with van der Waals surface area (Å²) in [6.45, 7) is 1.06. The molecule has 2 aromatic rings. The average Bonchev–Trinajstić information content (AvgIpc) is 3.42. The minimum absolute atomic E-state index is 0.154. The largest absolute Gasteiger partial charge is 0.479 e. The number of amides is 1. The third-order valence-electron chi connectivity index (χ3n) is 4.87. The number of aliphatic carboxylic acids is 1. The molecule has 1 saturated heterocycles. The van der Waals surface area contributed by atoms with Gasteiger partial charge in [-0.2, -0.15) is 5.48 Å². The van der Waals surface area contributed by atoms with Crippen LogP contribution in [0.15, 0.2) is 36.9 Å². The van der Waals surface area contributed by atoms with E-state index in [1.807, 2.05) is 6.07 Å². The molecule has 0 bridgehead atoms. The molecule has 5 N–H and O–H groups in total. The molecule has 0 aliphatic carbocycles. The molecule has 3 heterocycles. The number of carboxylic acids is 1. The number of hydroxylamine groups is 1. The van der Waals surface area contributed by atoms with E-state index < -0.39 is 17.6 Å². The Hall–Kier alpha value is -2.98. The number of anilines is 1. The number of hydrogen-bond donors (Lipinski definition) is 5. The van der Waals surface area contributed by atoms with Crippen LogP contribution in [0.4, 0.5) is 5.95 Å². The van der Waals surface area contributed by atoms with Gasteiger partial charge in [0.1, 0.15) is 11.6 Å². The second kappa shape index (κ2) is 9.99. The number of carbonyl (C=O) groups excluding carboxylic acids is 1. The Balaban J connectivity index is 1.65. The lowest BCUT2D eigenvalue weighted by molar-refractivity contribution is -0.148. The Labute approximate surface area is 168 Å². The van der Waals surface area contributed by atoms with Crippen molar-refractivity contribution in [1.82, 2.24) is 25.7 Å². The Morgan fingerprint density at radius 3 is 2.90 bits per heavy atom. The first-order valence-corrected chi connectivity index (χ1v) is 9.64. The number of pyridine rings is 1. The molecule has 2 atom stereocenters. The molecule has 0 radical (unpaired) electrons. The smallest absolute Gasteiger partial charge is 0.329 e. The maximum absolute atomic E-state index is 12.6. The van der Waals surface area contributed by atoms with Crippen LogP contribution < -0.4 is 16.1 Å². The minimum atomic E-state index is -1.42. The zero-order valence-corrected chi connectivity index (χ0v) is 16.1. The monoisotopic (exact) mass is 402 g/mol. The van der Waals surface area contributed by atoms with Gasteiger partial charge in [-0.05, 0) is 37.3 Å². The van der Waals surface area contributed by atoms with E-state index in [4.69, 9.17) is 4.84 Å². The van der Waals surface area contributed by atoms with Crippen molar-refractivity contribution in [3.8, 4) is 0 Å². The van der Waals surface area contributed by atoms with Crippen LogP contribution in [0.2, 0.25) is 0 Å². The molecule has 0 spiro atoms. The summed E-state index contributed by atoms with van der Waals surface area (Å²) in [6.07, 6.45) is 8.91. The molecule has 2 unspecified atom stereocenters. The Bertz CT molecular complexity index is 779. The molecule has 1 aliphatic heterocycles. The van der Waals surface area contributed by atoms with Crippen LogP contribution >= 0.6 is 0 Å². The molecule has 3 rings (SSSR count). The minimum Gasteiger partial charge on any atom is -0.479 e. The van der Waals surface area contributed by atoms with E-state index in [1.165, 1.54) is 0 Å². The van der Waals surface area contributed by atoms with E-state index in [-0.39, 0.29) is 18.7 Å². The summed E-state index contributed by atoms with van der Waals surface area (Å²) < 4.78 is 0. The molecule has 1 aliphatic rings. The Morgan fingerprint density at radius 2 is 2.24 bits per heavy atom. The van der Waals surface area contributed by atoms with E-state index in [0.29, 0.717) is 31.9 Å². The molecule has 10 nitrogen and oxygen atoms in total. The maximum Gasteiger partial charge on any atom is 0.329 e. The number of rotatable bonds is 11. The van der Waals surface area contributed by atoms with Gasteiger partial charge in [0.2, 0.25) is 5.91 Å². The van der Waals surface area contributed by atoms with Gasteiger partial charge in [0, 0.05) is 37.8 Å². The van der Waals surface area contributed by atoms with Gasteiger partial charge in [-0.3, -0.25) is 9.78 Å². The topological polar surface area (TPSA) is 141 Å². The second-order valence-electron chi connectivity index (χ2n) is 7.04. The third kappa shape index (κ3) is 5.75. The van der Waals surface area contributed by atoms with Crippen molar-refractivity contribution in [1.29, 1.82) is 0 Å². The van der Waals surface area contributed by atoms with Crippen molar-refractivity contribution < 1.29 is 19.5 Å². The van der Waals surface area contributed by atoms with Gasteiger partial charge in [-0.15, -0.1) is 0 Å². The lowest BCUT2D eigenvalue weighted by Gasteiger charge is -2.32. The molecule has 156 valence electrons. The van der Waals surface area contributed by atoms with Crippen molar-refractivity contribution in [2.45, 2.75) is 43.7 Å². The summed E-state index contributed by atoms with van der Waals surface area (Å²) in [4.78, 5) is 41.1. The summed E-state index contributed by atoms with van der Waals surface area (Å²) in [6, 6.07) is 3.01. The molecule has 0 aromatic carbocycles. The van der Waals surface area contributed by atoms with Gasteiger partial charge in [0.25, 0.3) is 0 Å². The highest BCUT2D eigenvalue weighted by molar-refractivity contribution is 5.90. The highest BCUT2D eigenvalue weighted by atomic mass is 16.7. The SMILES string of the molecule is O=C(NC(CCCCNc1ncc[nH]1)(Cc1cccnc1)C(=O)O)C1CCON1. The van der Waals surface area contributed by atoms with Crippen LogP contribution in [0, 0.1) is 0 Å².